The molecular formula is C5H7BrN2S. The van der Waals surface area contributed by atoms with Crippen LogP contribution in [-0.4, -0.2) is 4.98 Å². The van der Waals surface area contributed by atoms with Crippen LogP contribution in [0, 0.1) is 0 Å². The molecule has 1 heterocycles. The van der Waals surface area contributed by atoms with E-state index in [1.807, 2.05) is 6.92 Å². The Hall–Kier alpha value is 0.0700. The van der Waals surface area contributed by atoms with Gasteiger partial charge in [-0.15, -0.1) is 11.3 Å². The molecule has 1 aromatic rings. The summed E-state index contributed by atoms with van der Waals surface area (Å²) in [5, 5.41) is 0. The Morgan fingerprint density at radius 3 is 2.78 bits per heavy atom. The zero-order valence-electron chi connectivity index (χ0n) is 4.97. The van der Waals surface area contributed by atoms with Crippen molar-refractivity contribution in [3.8, 4) is 0 Å². The van der Waals surface area contributed by atoms with Gasteiger partial charge in [0.15, 0.2) is 3.92 Å². The van der Waals surface area contributed by atoms with Gasteiger partial charge in [0.25, 0.3) is 0 Å². The molecule has 50 valence electrons. The molecule has 1 rings (SSSR count). The predicted octanol–water partition coefficient (Wildman–Crippen LogP) is 1.93. The van der Waals surface area contributed by atoms with Gasteiger partial charge >= 0.3 is 0 Å². The first-order valence-corrected chi connectivity index (χ1v) is 4.18. The Bertz CT molecular complexity index is 197. The second kappa shape index (κ2) is 2.77. The van der Waals surface area contributed by atoms with Crippen LogP contribution in [0.4, 0.5) is 0 Å². The molecule has 1 atom stereocenters. The number of nitrogens with zero attached hydrogens (tertiary/aromatic N) is 1. The Kier molecular flexibility index (Phi) is 2.21. The van der Waals surface area contributed by atoms with Gasteiger partial charge in [0.05, 0.1) is 0 Å². The summed E-state index contributed by atoms with van der Waals surface area (Å²) < 4.78 is 0.898. The highest BCUT2D eigenvalue weighted by atomic mass is 79.9. The van der Waals surface area contributed by atoms with E-state index in [-0.39, 0.29) is 6.04 Å². The van der Waals surface area contributed by atoms with Crippen LogP contribution in [0.2, 0.25) is 0 Å². The van der Waals surface area contributed by atoms with Crippen LogP contribution in [-0.2, 0) is 0 Å². The summed E-state index contributed by atoms with van der Waals surface area (Å²) in [4.78, 5) is 5.11. The largest absolute Gasteiger partial charge is 0.323 e. The van der Waals surface area contributed by atoms with Gasteiger partial charge in [-0.25, -0.2) is 4.98 Å². The van der Waals surface area contributed by atoms with Crippen LogP contribution in [0.1, 0.15) is 17.8 Å². The highest BCUT2D eigenvalue weighted by molar-refractivity contribution is 9.11. The lowest BCUT2D eigenvalue weighted by Gasteiger charge is -1.95. The van der Waals surface area contributed by atoms with Crippen molar-refractivity contribution in [1.82, 2.24) is 4.98 Å². The standard InChI is InChI=1S/C5H7BrN2S/c1-3(7)4-2-8-5(6)9-4/h2-3H,7H2,1H3/t3-/m0/s1. The van der Waals surface area contributed by atoms with Crippen molar-refractivity contribution >= 4 is 27.3 Å². The van der Waals surface area contributed by atoms with Crippen LogP contribution in [0.5, 0.6) is 0 Å². The van der Waals surface area contributed by atoms with Gasteiger partial charge in [0, 0.05) is 17.1 Å². The molecule has 0 radical (unpaired) electrons. The lowest BCUT2D eigenvalue weighted by atomic mass is 10.3. The molecule has 0 spiro atoms. The van der Waals surface area contributed by atoms with E-state index >= 15 is 0 Å². The van der Waals surface area contributed by atoms with Gasteiger partial charge in [-0.3, -0.25) is 0 Å². The fourth-order valence-electron chi connectivity index (χ4n) is 0.475. The number of hydrogen-bond acceptors (Lipinski definition) is 3. The van der Waals surface area contributed by atoms with Crippen molar-refractivity contribution in [2.45, 2.75) is 13.0 Å². The molecule has 0 saturated carbocycles. The molecule has 0 aromatic carbocycles. The summed E-state index contributed by atoms with van der Waals surface area (Å²) in [6.45, 7) is 1.94. The summed E-state index contributed by atoms with van der Waals surface area (Å²) in [6, 6.07) is 0.105. The first kappa shape index (κ1) is 7.18. The average molecular weight is 207 g/mol. The number of thiazole rings is 1. The molecule has 0 aliphatic carbocycles. The van der Waals surface area contributed by atoms with Crippen LogP contribution >= 0.6 is 27.3 Å². The molecule has 0 fully saturated rings. The van der Waals surface area contributed by atoms with E-state index in [4.69, 9.17) is 5.73 Å². The highest BCUT2D eigenvalue weighted by Crippen LogP contribution is 2.22. The quantitative estimate of drug-likeness (QED) is 0.764. The third kappa shape index (κ3) is 1.74. The zero-order chi connectivity index (χ0) is 6.85. The van der Waals surface area contributed by atoms with Gasteiger partial charge < -0.3 is 5.73 Å². The lowest BCUT2D eigenvalue weighted by Crippen LogP contribution is -2.01. The number of aromatic nitrogens is 1. The number of rotatable bonds is 1. The number of nitrogens with two attached hydrogens (primary N) is 1. The van der Waals surface area contributed by atoms with Crippen LogP contribution in [0.3, 0.4) is 0 Å². The van der Waals surface area contributed by atoms with Crippen LogP contribution in [0.15, 0.2) is 10.1 Å². The highest BCUT2D eigenvalue weighted by Gasteiger charge is 2.01. The fraction of sp³-hybridized carbons (Fsp3) is 0.400. The van der Waals surface area contributed by atoms with Crippen molar-refractivity contribution in [3.05, 3.63) is 15.0 Å². The normalized spacial score (nSPS) is 13.7. The fourth-order valence-corrected chi connectivity index (χ4v) is 1.73. The topological polar surface area (TPSA) is 38.9 Å². The van der Waals surface area contributed by atoms with Crippen molar-refractivity contribution < 1.29 is 0 Å². The lowest BCUT2D eigenvalue weighted by molar-refractivity contribution is 0.835. The van der Waals surface area contributed by atoms with E-state index in [2.05, 4.69) is 20.9 Å². The Balaban J connectivity index is 2.85. The van der Waals surface area contributed by atoms with E-state index in [1.54, 1.807) is 17.5 Å². The van der Waals surface area contributed by atoms with Gasteiger partial charge in [0.2, 0.25) is 0 Å². The van der Waals surface area contributed by atoms with Crippen molar-refractivity contribution in [2.24, 2.45) is 5.73 Å². The molecule has 0 saturated heterocycles. The Labute approximate surface area is 66.2 Å². The minimum Gasteiger partial charge on any atom is -0.323 e. The Morgan fingerprint density at radius 1 is 1.89 bits per heavy atom. The van der Waals surface area contributed by atoms with Gasteiger partial charge in [-0.1, -0.05) is 0 Å². The number of hydrogen-bond donors (Lipinski definition) is 1. The van der Waals surface area contributed by atoms with Gasteiger partial charge in [-0.2, -0.15) is 0 Å². The first-order chi connectivity index (χ1) is 4.20. The molecule has 1 aromatic heterocycles. The SMILES string of the molecule is C[C@H](N)c1cnc(Br)s1. The maximum Gasteiger partial charge on any atom is 0.159 e. The predicted molar refractivity (Wildman–Crippen MR) is 42.4 cm³/mol. The van der Waals surface area contributed by atoms with Crippen LogP contribution < -0.4 is 5.73 Å². The average Bonchev–Trinajstić information content (AvgIpc) is 2.14. The maximum absolute atomic E-state index is 5.58. The second-order valence-electron chi connectivity index (χ2n) is 1.80. The Morgan fingerprint density at radius 2 is 2.56 bits per heavy atom. The minimum absolute atomic E-state index is 0.105. The number of halogens is 1. The summed E-state index contributed by atoms with van der Waals surface area (Å²) >= 11 is 4.83. The molecule has 0 bridgehead atoms. The van der Waals surface area contributed by atoms with E-state index in [1.165, 1.54) is 0 Å². The van der Waals surface area contributed by atoms with E-state index in [0.29, 0.717) is 0 Å². The van der Waals surface area contributed by atoms with Crippen molar-refractivity contribution in [1.29, 1.82) is 0 Å². The zero-order valence-corrected chi connectivity index (χ0v) is 7.37. The van der Waals surface area contributed by atoms with Gasteiger partial charge in [0.1, 0.15) is 0 Å². The van der Waals surface area contributed by atoms with E-state index in [9.17, 15) is 0 Å². The minimum atomic E-state index is 0.105. The summed E-state index contributed by atoms with van der Waals surface area (Å²) in [7, 11) is 0. The van der Waals surface area contributed by atoms with Crippen LogP contribution in [0.25, 0.3) is 0 Å². The summed E-state index contributed by atoms with van der Waals surface area (Å²) in [5.41, 5.74) is 5.58. The third-order valence-electron chi connectivity index (χ3n) is 0.944. The smallest absolute Gasteiger partial charge is 0.159 e. The molecule has 0 amide bonds. The van der Waals surface area contributed by atoms with Gasteiger partial charge in [-0.05, 0) is 22.9 Å². The summed E-state index contributed by atoms with van der Waals surface area (Å²) in [5.74, 6) is 0. The second-order valence-corrected chi connectivity index (χ2v) is 4.14. The third-order valence-corrected chi connectivity index (χ3v) is 2.62. The first-order valence-electron chi connectivity index (χ1n) is 2.57. The molecule has 0 aliphatic rings. The monoisotopic (exact) mass is 206 g/mol. The molecule has 0 unspecified atom stereocenters. The summed E-state index contributed by atoms with van der Waals surface area (Å²) in [6.07, 6.45) is 1.79. The molecule has 2 N–H and O–H groups in total. The molecule has 0 aliphatic heterocycles. The van der Waals surface area contributed by atoms with E-state index < -0.39 is 0 Å². The van der Waals surface area contributed by atoms with Crippen molar-refractivity contribution in [2.75, 3.05) is 0 Å². The van der Waals surface area contributed by atoms with E-state index in [0.717, 1.165) is 8.79 Å². The molecule has 9 heavy (non-hydrogen) atoms. The molecule has 4 heteroatoms. The maximum atomic E-state index is 5.58. The van der Waals surface area contributed by atoms with Crippen molar-refractivity contribution in [3.63, 3.8) is 0 Å². The molecule has 2 nitrogen and oxygen atoms in total. The molecular weight excluding hydrogens is 200 g/mol.